The minimum atomic E-state index is 0.425. The third kappa shape index (κ3) is 1.97. The van der Waals surface area contributed by atoms with Crippen LogP contribution in [0.4, 0.5) is 0 Å². The van der Waals surface area contributed by atoms with Crippen LogP contribution in [-0.4, -0.2) is 4.98 Å². The predicted octanol–water partition coefficient (Wildman–Crippen LogP) is 2.52. The number of hydrogen-bond acceptors (Lipinski definition) is 2. The summed E-state index contributed by atoms with van der Waals surface area (Å²) in [7, 11) is 0. The second kappa shape index (κ2) is 4.21. The molecule has 0 bridgehead atoms. The smallest absolute Gasteiger partial charge is 0.133 e. The number of hydrogen-bond donors (Lipinski definition) is 1. The Morgan fingerprint density at radius 2 is 2.33 bits per heavy atom. The van der Waals surface area contributed by atoms with E-state index in [1.165, 1.54) is 0 Å². The lowest BCUT2D eigenvalue weighted by atomic mass is 10.2. The highest BCUT2D eigenvalue weighted by Crippen LogP contribution is 2.22. The minimum absolute atomic E-state index is 0.425. The molecule has 0 unspecified atom stereocenters. The zero-order valence-corrected chi connectivity index (χ0v) is 9.11. The first kappa shape index (κ1) is 9.96. The summed E-state index contributed by atoms with van der Waals surface area (Å²) < 4.78 is 0.981. The summed E-state index contributed by atoms with van der Waals surface area (Å²) in [4.78, 5) is 4.20. The molecule has 0 saturated heterocycles. The van der Waals surface area contributed by atoms with Crippen molar-refractivity contribution in [3.8, 4) is 0 Å². The van der Waals surface area contributed by atoms with E-state index in [9.17, 15) is 0 Å². The molecule has 1 aromatic rings. The summed E-state index contributed by atoms with van der Waals surface area (Å²) in [5, 5.41) is 0.512. The van der Waals surface area contributed by atoms with Crippen molar-refractivity contribution in [1.82, 2.24) is 4.98 Å². The molecule has 0 aliphatic carbocycles. The molecule has 0 fully saturated rings. The molecule has 1 rings (SSSR count). The fourth-order valence-electron chi connectivity index (χ4n) is 0.931. The normalized spacial score (nSPS) is 10.3. The van der Waals surface area contributed by atoms with E-state index < -0.39 is 0 Å². The van der Waals surface area contributed by atoms with Crippen LogP contribution in [-0.2, 0) is 13.0 Å². The van der Waals surface area contributed by atoms with Gasteiger partial charge in [0, 0.05) is 16.6 Å². The van der Waals surface area contributed by atoms with Gasteiger partial charge in [0.1, 0.15) is 5.15 Å². The Hall–Kier alpha value is -0.120. The Morgan fingerprint density at radius 3 is 2.83 bits per heavy atom. The van der Waals surface area contributed by atoms with Gasteiger partial charge in [-0.2, -0.15) is 0 Å². The number of aromatic nitrogens is 1. The summed E-state index contributed by atoms with van der Waals surface area (Å²) in [6, 6.07) is 1.92. The maximum absolute atomic E-state index is 5.87. The Morgan fingerprint density at radius 1 is 1.67 bits per heavy atom. The molecule has 0 spiro atoms. The van der Waals surface area contributed by atoms with Crippen molar-refractivity contribution in [2.24, 2.45) is 5.73 Å². The topological polar surface area (TPSA) is 38.9 Å². The number of halogens is 2. The molecule has 0 aromatic carbocycles. The van der Waals surface area contributed by atoms with E-state index in [0.29, 0.717) is 11.7 Å². The molecule has 1 heterocycles. The molecule has 0 radical (unpaired) electrons. The van der Waals surface area contributed by atoms with Gasteiger partial charge in [-0.1, -0.05) is 18.5 Å². The van der Waals surface area contributed by atoms with Crippen molar-refractivity contribution in [3.63, 3.8) is 0 Å². The van der Waals surface area contributed by atoms with E-state index >= 15 is 0 Å². The molecule has 0 amide bonds. The Kier molecular flexibility index (Phi) is 3.50. The van der Waals surface area contributed by atoms with Gasteiger partial charge < -0.3 is 5.73 Å². The number of nitrogens with two attached hydrogens (primary N) is 1. The average Bonchev–Trinajstić information content (AvgIpc) is 2.08. The van der Waals surface area contributed by atoms with E-state index in [4.69, 9.17) is 17.3 Å². The molecule has 2 nitrogen and oxygen atoms in total. The maximum Gasteiger partial charge on any atom is 0.133 e. The van der Waals surface area contributed by atoms with Gasteiger partial charge in [0.2, 0.25) is 0 Å². The van der Waals surface area contributed by atoms with E-state index in [-0.39, 0.29) is 0 Å². The average molecular weight is 250 g/mol. The highest BCUT2D eigenvalue weighted by Gasteiger charge is 2.05. The highest BCUT2D eigenvalue weighted by molar-refractivity contribution is 9.10. The molecule has 12 heavy (non-hydrogen) atoms. The lowest BCUT2D eigenvalue weighted by Gasteiger charge is -2.05. The third-order valence-corrected chi connectivity index (χ3v) is 2.64. The summed E-state index contributed by atoms with van der Waals surface area (Å²) in [6.07, 6.45) is 0.866. The summed E-state index contributed by atoms with van der Waals surface area (Å²) in [6.45, 7) is 2.46. The van der Waals surface area contributed by atoms with Gasteiger partial charge in [-0.25, -0.2) is 4.98 Å². The van der Waals surface area contributed by atoms with Crippen LogP contribution in [0.5, 0.6) is 0 Å². The van der Waals surface area contributed by atoms with Crippen LogP contribution in [0.2, 0.25) is 5.15 Å². The fourth-order valence-corrected chi connectivity index (χ4v) is 1.81. The molecular weight excluding hydrogens is 239 g/mol. The van der Waals surface area contributed by atoms with E-state index in [0.717, 1.165) is 22.2 Å². The predicted molar refractivity (Wildman–Crippen MR) is 54.2 cm³/mol. The number of nitrogens with zero attached hydrogens (tertiary/aromatic N) is 1. The van der Waals surface area contributed by atoms with E-state index in [2.05, 4.69) is 20.9 Å². The molecule has 0 atom stereocenters. The van der Waals surface area contributed by atoms with Crippen molar-refractivity contribution in [2.45, 2.75) is 19.9 Å². The molecular formula is C8H10BrClN2. The van der Waals surface area contributed by atoms with Crippen molar-refractivity contribution in [2.75, 3.05) is 0 Å². The molecule has 1 aromatic heterocycles. The van der Waals surface area contributed by atoms with Gasteiger partial charge >= 0.3 is 0 Å². The number of rotatable bonds is 2. The first-order valence-corrected chi connectivity index (χ1v) is 4.90. The van der Waals surface area contributed by atoms with Gasteiger partial charge in [-0.15, -0.1) is 0 Å². The van der Waals surface area contributed by atoms with Crippen LogP contribution in [0.1, 0.15) is 18.2 Å². The second-order valence-electron chi connectivity index (χ2n) is 2.42. The van der Waals surface area contributed by atoms with Crippen LogP contribution in [0.25, 0.3) is 0 Å². The van der Waals surface area contributed by atoms with Crippen molar-refractivity contribution < 1.29 is 0 Å². The van der Waals surface area contributed by atoms with Gasteiger partial charge in [0.05, 0.1) is 5.69 Å². The fraction of sp³-hybridized carbons (Fsp3) is 0.375. The van der Waals surface area contributed by atoms with E-state index in [1.807, 2.05) is 13.0 Å². The monoisotopic (exact) mass is 248 g/mol. The summed E-state index contributed by atoms with van der Waals surface area (Å²) in [5.41, 5.74) is 7.31. The van der Waals surface area contributed by atoms with Crippen molar-refractivity contribution >= 4 is 27.5 Å². The van der Waals surface area contributed by atoms with Crippen molar-refractivity contribution in [1.29, 1.82) is 0 Å². The van der Waals surface area contributed by atoms with Crippen LogP contribution in [0.15, 0.2) is 10.5 Å². The quantitative estimate of drug-likeness (QED) is 0.818. The van der Waals surface area contributed by atoms with Crippen LogP contribution in [0, 0.1) is 0 Å². The van der Waals surface area contributed by atoms with Crippen molar-refractivity contribution in [3.05, 3.63) is 26.9 Å². The summed E-state index contributed by atoms with van der Waals surface area (Å²) in [5.74, 6) is 0. The largest absolute Gasteiger partial charge is 0.326 e. The lowest BCUT2D eigenvalue weighted by molar-refractivity contribution is 0.978. The van der Waals surface area contributed by atoms with Gasteiger partial charge in [0.15, 0.2) is 0 Å². The molecule has 4 heteroatoms. The molecule has 0 aliphatic rings. The molecule has 0 aliphatic heterocycles. The maximum atomic E-state index is 5.87. The van der Waals surface area contributed by atoms with Gasteiger partial charge in [-0.3, -0.25) is 0 Å². The third-order valence-electron chi connectivity index (χ3n) is 1.63. The highest BCUT2D eigenvalue weighted by atomic mass is 79.9. The number of pyridine rings is 1. The molecule has 2 N–H and O–H groups in total. The number of aryl methyl sites for hydroxylation is 1. The SMILES string of the molecule is CCc1nc(Cl)c(CN)cc1Br. The first-order valence-electron chi connectivity index (χ1n) is 3.72. The Labute approximate surface area is 85.3 Å². The van der Waals surface area contributed by atoms with Gasteiger partial charge in [0.25, 0.3) is 0 Å². The zero-order chi connectivity index (χ0) is 9.14. The molecule has 0 saturated carbocycles. The lowest BCUT2D eigenvalue weighted by Crippen LogP contribution is -2.01. The minimum Gasteiger partial charge on any atom is -0.326 e. The Bertz CT molecular complexity index is 259. The van der Waals surface area contributed by atoms with E-state index in [1.54, 1.807) is 0 Å². The first-order chi connectivity index (χ1) is 5.69. The van der Waals surface area contributed by atoms with Gasteiger partial charge in [-0.05, 0) is 28.4 Å². The zero-order valence-electron chi connectivity index (χ0n) is 6.77. The summed E-state index contributed by atoms with van der Waals surface area (Å²) >= 11 is 9.27. The second-order valence-corrected chi connectivity index (χ2v) is 3.64. The van der Waals surface area contributed by atoms with Crippen LogP contribution >= 0.6 is 27.5 Å². The standard InChI is InChI=1S/C8H10BrClN2/c1-2-7-6(9)3-5(4-11)8(10)12-7/h3H,2,4,11H2,1H3. The molecule has 66 valence electrons. The van der Waals surface area contributed by atoms with Crippen LogP contribution < -0.4 is 5.73 Å². The van der Waals surface area contributed by atoms with Crippen LogP contribution in [0.3, 0.4) is 0 Å². The Balaban J connectivity index is 3.16.